The Morgan fingerprint density at radius 3 is 2.73 bits per heavy atom. The molecule has 0 spiro atoms. The number of H-pyrrole nitrogens is 1. The molecule has 2 aromatic heterocycles. The highest BCUT2D eigenvalue weighted by molar-refractivity contribution is 5.97. The molecule has 0 aliphatic carbocycles. The smallest absolute Gasteiger partial charge is 0.287 e. The molecule has 0 atom stereocenters. The van der Waals surface area contributed by atoms with Gasteiger partial charge in [0.2, 0.25) is 0 Å². The number of aromatic nitrogens is 2. The van der Waals surface area contributed by atoms with Crippen LogP contribution < -0.4 is 10.6 Å². The van der Waals surface area contributed by atoms with Crippen molar-refractivity contribution < 1.29 is 14.0 Å². The number of imidazole rings is 1. The molecular weight excluding hydrogens is 284 g/mol. The zero-order valence-corrected chi connectivity index (χ0v) is 11.6. The highest BCUT2D eigenvalue weighted by atomic mass is 16.3. The van der Waals surface area contributed by atoms with Gasteiger partial charge < -0.3 is 20.0 Å². The van der Waals surface area contributed by atoms with Crippen molar-refractivity contribution in [2.45, 2.75) is 0 Å². The molecule has 22 heavy (non-hydrogen) atoms. The summed E-state index contributed by atoms with van der Waals surface area (Å²) in [5.41, 5.74) is 2.15. The Hall–Kier alpha value is -3.09. The zero-order chi connectivity index (χ0) is 15.4. The van der Waals surface area contributed by atoms with Crippen molar-refractivity contribution in [2.75, 3.05) is 13.1 Å². The summed E-state index contributed by atoms with van der Waals surface area (Å²) in [6.07, 6.45) is 3.01. The molecule has 0 saturated heterocycles. The second-order valence-electron chi connectivity index (χ2n) is 4.62. The molecule has 3 aromatic rings. The molecule has 0 fully saturated rings. The van der Waals surface area contributed by atoms with E-state index in [1.54, 1.807) is 36.7 Å². The predicted molar refractivity (Wildman–Crippen MR) is 79.5 cm³/mol. The number of carbonyl (C=O) groups is 2. The van der Waals surface area contributed by atoms with Gasteiger partial charge in [0.25, 0.3) is 11.8 Å². The van der Waals surface area contributed by atoms with Crippen LogP contribution in [0.3, 0.4) is 0 Å². The minimum atomic E-state index is -0.307. The number of aromatic amines is 1. The van der Waals surface area contributed by atoms with Crippen molar-refractivity contribution in [3.63, 3.8) is 0 Å². The highest BCUT2D eigenvalue weighted by Gasteiger charge is 2.09. The lowest BCUT2D eigenvalue weighted by molar-refractivity contribution is 0.0910. The van der Waals surface area contributed by atoms with Crippen LogP contribution in [0.4, 0.5) is 0 Å². The highest BCUT2D eigenvalue weighted by Crippen LogP contribution is 2.11. The summed E-state index contributed by atoms with van der Waals surface area (Å²) in [6.45, 7) is 0.643. The Bertz CT molecular complexity index is 792. The predicted octanol–water partition coefficient (Wildman–Crippen LogP) is 1.32. The van der Waals surface area contributed by atoms with Crippen LogP contribution in [-0.4, -0.2) is 34.9 Å². The maximum absolute atomic E-state index is 12.0. The maximum atomic E-state index is 12.0. The van der Waals surface area contributed by atoms with Crippen LogP contribution in [0.1, 0.15) is 20.9 Å². The van der Waals surface area contributed by atoms with Crippen LogP contribution in [0.15, 0.2) is 47.3 Å². The van der Waals surface area contributed by atoms with Crippen molar-refractivity contribution in [3.05, 3.63) is 54.2 Å². The fourth-order valence-electron chi connectivity index (χ4n) is 2.03. The summed E-state index contributed by atoms with van der Waals surface area (Å²) in [5, 5.41) is 5.39. The minimum Gasteiger partial charge on any atom is -0.459 e. The van der Waals surface area contributed by atoms with E-state index in [0.717, 1.165) is 11.0 Å². The van der Waals surface area contributed by atoms with E-state index < -0.39 is 0 Å². The first kappa shape index (κ1) is 13.9. The fourth-order valence-corrected chi connectivity index (χ4v) is 2.03. The van der Waals surface area contributed by atoms with Gasteiger partial charge in [0.15, 0.2) is 5.76 Å². The van der Waals surface area contributed by atoms with Gasteiger partial charge in [0.05, 0.1) is 23.6 Å². The molecule has 0 radical (unpaired) electrons. The second-order valence-corrected chi connectivity index (χ2v) is 4.62. The van der Waals surface area contributed by atoms with Crippen molar-refractivity contribution in [2.24, 2.45) is 0 Å². The Labute approximate surface area is 125 Å². The summed E-state index contributed by atoms with van der Waals surface area (Å²) >= 11 is 0. The largest absolute Gasteiger partial charge is 0.459 e. The van der Waals surface area contributed by atoms with E-state index in [-0.39, 0.29) is 17.6 Å². The summed E-state index contributed by atoms with van der Waals surface area (Å²) in [5.74, 6) is -0.266. The van der Waals surface area contributed by atoms with Gasteiger partial charge in [-0.25, -0.2) is 4.98 Å². The van der Waals surface area contributed by atoms with Gasteiger partial charge in [-0.2, -0.15) is 0 Å². The Morgan fingerprint density at radius 1 is 1.14 bits per heavy atom. The number of nitrogens with one attached hydrogen (secondary N) is 3. The van der Waals surface area contributed by atoms with E-state index in [2.05, 4.69) is 20.6 Å². The number of hydrogen-bond donors (Lipinski definition) is 3. The van der Waals surface area contributed by atoms with Gasteiger partial charge in [0.1, 0.15) is 0 Å². The van der Waals surface area contributed by atoms with Crippen LogP contribution in [-0.2, 0) is 0 Å². The van der Waals surface area contributed by atoms with Gasteiger partial charge in [0, 0.05) is 18.7 Å². The molecule has 2 heterocycles. The first-order valence-corrected chi connectivity index (χ1v) is 6.77. The molecule has 0 aliphatic rings. The summed E-state index contributed by atoms with van der Waals surface area (Å²) in [4.78, 5) is 30.7. The Balaban J connectivity index is 1.49. The van der Waals surface area contributed by atoms with Crippen molar-refractivity contribution in [1.29, 1.82) is 0 Å². The van der Waals surface area contributed by atoms with Crippen molar-refractivity contribution in [3.8, 4) is 0 Å². The number of benzene rings is 1. The van der Waals surface area contributed by atoms with Gasteiger partial charge in [-0.3, -0.25) is 9.59 Å². The average molecular weight is 298 g/mol. The topological polar surface area (TPSA) is 100 Å². The molecule has 3 rings (SSSR count). The standard InChI is InChI=1S/C15H14N4O3/c20-14(10-3-4-11-12(8-10)19-9-18-11)16-5-6-17-15(21)13-2-1-7-22-13/h1-4,7-9H,5-6H2,(H,16,20)(H,17,21)(H,18,19). The third-order valence-electron chi connectivity index (χ3n) is 3.12. The van der Waals surface area contributed by atoms with Gasteiger partial charge >= 0.3 is 0 Å². The molecule has 0 unspecified atom stereocenters. The van der Waals surface area contributed by atoms with Crippen LogP contribution in [0, 0.1) is 0 Å². The van der Waals surface area contributed by atoms with E-state index in [4.69, 9.17) is 4.42 Å². The molecule has 0 bridgehead atoms. The van der Waals surface area contributed by atoms with Gasteiger partial charge in [-0.05, 0) is 30.3 Å². The number of amides is 2. The number of fused-ring (bicyclic) bond motifs is 1. The number of nitrogens with zero attached hydrogens (tertiary/aromatic N) is 1. The SMILES string of the molecule is O=C(NCCNC(=O)c1ccco1)c1ccc2nc[nH]c2c1. The molecule has 0 saturated carbocycles. The lowest BCUT2D eigenvalue weighted by Gasteiger charge is -2.06. The average Bonchev–Trinajstić information content (AvgIpc) is 3.20. The zero-order valence-electron chi connectivity index (χ0n) is 11.6. The van der Waals surface area contributed by atoms with Crippen LogP contribution in [0.25, 0.3) is 11.0 Å². The minimum absolute atomic E-state index is 0.205. The third-order valence-corrected chi connectivity index (χ3v) is 3.12. The third kappa shape index (κ3) is 2.98. The number of carbonyl (C=O) groups excluding carboxylic acids is 2. The number of rotatable bonds is 5. The molecule has 112 valence electrons. The monoisotopic (exact) mass is 298 g/mol. The second kappa shape index (κ2) is 6.13. The molecule has 7 nitrogen and oxygen atoms in total. The van der Waals surface area contributed by atoms with Crippen LogP contribution in [0.5, 0.6) is 0 Å². The van der Waals surface area contributed by atoms with Crippen molar-refractivity contribution >= 4 is 22.8 Å². The molecule has 2 amide bonds. The molecular formula is C15H14N4O3. The summed E-state index contributed by atoms with van der Waals surface area (Å²) in [6, 6.07) is 8.44. The van der Waals surface area contributed by atoms with Crippen molar-refractivity contribution in [1.82, 2.24) is 20.6 Å². The number of furan rings is 1. The normalized spacial score (nSPS) is 10.5. The van der Waals surface area contributed by atoms with Gasteiger partial charge in [-0.15, -0.1) is 0 Å². The first-order chi connectivity index (χ1) is 10.7. The lowest BCUT2D eigenvalue weighted by atomic mass is 10.2. The lowest BCUT2D eigenvalue weighted by Crippen LogP contribution is -2.34. The van der Waals surface area contributed by atoms with E-state index in [9.17, 15) is 9.59 Å². The maximum Gasteiger partial charge on any atom is 0.287 e. The van der Waals surface area contributed by atoms with Gasteiger partial charge in [-0.1, -0.05) is 0 Å². The van der Waals surface area contributed by atoms with E-state index >= 15 is 0 Å². The Morgan fingerprint density at radius 2 is 1.95 bits per heavy atom. The first-order valence-electron chi connectivity index (χ1n) is 6.77. The van der Waals surface area contributed by atoms with E-state index in [0.29, 0.717) is 18.7 Å². The van der Waals surface area contributed by atoms with Crippen LogP contribution >= 0.6 is 0 Å². The quantitative estimate of drug-likeness (QED) is 0.618. The molecule has 7 heteroatoms. The molecule has 1 aromatic carbocycles. The Kier molecular flexibility index (Phi) is 3.86. The van der Waals surface area contributed by atoms with E-state index in [1.807, 2.05) is 0 Å². The van der Waals surface area contributed by atoms with Crippen LogP contribution in [0.2, 0.25) is 0 Å². The van der Waals surface area contributed by atoms with E-state index in [1.165, 1.54) is 6.26 Å². The summed E-state index contributed by atoms with van der Waals surface area (Å²) < 4.78 is 4.97. The number of hydrogen-bond acceptors (Lipinski definition) is 4. The molecule has 0 aliphatic heterocycles. The fraction of sp³-hybridized carbons (Fsp3) is 0.133. The molecule has 3 N–H and O–H groups in total. The summed E-state index contributed by atoms with van der Waals surface area (Å²) in [7, 11) is 0.